The van der Waals surface area contributed by atoms with E-state index in [4.69, 9.17) is 10.5 Å². The summed E-state index contributed by atoms with van der Waals surface area (Å²) in [6.45, 7) is 6.59. The fourth-order valence-electron chi connectivity index (χ4n) is 3.01. The molecule has 0 spiro atoms. The Labute approximate surface area is 128 Å². The first-order valence-corrected chi connectivity index (χ1v) is 7.97. The van der Waals surface area contributed by atoms with Crippen molar-refractivity contribution in [2.24, 2.45) is 5.73 Å². The molecule has 1 aliphatic heterocycles. The number of piperidine rings is 1. The largest absolute Gasteiger partial charge is 0.494 e. The summed E-state index contributed by atoms with van der Waals surface area (Å²) in [5.41, 5.74) is 8.16. The van der Waals surface area contributed by atoms with E-state index in [0.717, 1.165) is 17.9 Å². The quantitative estimate of drug-likeness (QED) is 0.871. The molecule has 0 atom stereocenters. The molecule has 1 saturated heterocycles. The summed E-state index contributed by atoms with van der Waals surface area (Å²) < 4.78 is 5.70. The van der Waals surface area contributed by atoms with Crippen molar-refractivity contribution in [2.45, 2.75) is 38.9 Å². The first-order chi connectivity index (χ1) is 10.1. The van der Waals surface area contributed by atoms with E-state index in [9.17, 15) is 0 Å². The highest BCUT2D eigenvalue weighted by Crippen LogP contribution is 2.23. The minimum absolute atomic E-state index is 0.528. The van der Waals surface area contributed by atoms with E-state index in [0.29, 0.717) is 19.2 Å². The van der Waals surface area contributed by atoms with Crippen molar-refractivity contribution in [3.63, 3.8) is 0 Å². The third-order valence-corrected chi connectivity index (χ3v) is 4.39. The average molecular weight is 291 g/mol. The second kappa shape index (κ2) is 7.78. The lowest BCUT2D eigenvalue weighted by Gasteiger charge is -2.35. The Kier molecular flexibility index (Phi) is 6.03. The lowest BCUT2D eigenvalue weighted by molar-refractivity contribution is 0.139. The van der Waals surface area contributed by atoms with Crippen LogP contribution in [0.4, 0.5) is 0 Å². The summed E-state index contributed by atoms with van der Waals surface area (Å²) in [5.74, 6) is 0.939. The van der Waals surface area contributed by atoms with Gasteiger partial charge < -0.3 is 15.4 Å². The van der Waals surface area contributed by atoms with Gasteiger partial charge in [-0.1, -0.05) is 12.1 Å². The molecule has 118 valence electrons. The van der Waals surface area contributed by atoms with Gasteiger partial charge in [-0.05, 0) is 58.6 Å². The third-order valence-electron chi connectivity index (χ3n) is 4.39. The zero-order valence-corrected chi connectivity index (χ0v) is 13.6. The number of hydrogen-bond acceptors (Lipinski definition) is 4. The number of benzene rings is 1. The van der Waals surface area contributed by atoms with Crippen molar-refractivity contribution in [2.75, 3.05) is 33.8 Å². The van der Waals surface area contributed by atoms with Crippen LogP contribution < -0.4 is 10.5 Å². The summed E-state index contributed by atoms with van der Waals surface area (Å²) in [6.07, 6.45) is 2.51. The number of ether oxygens (including phenoxy) is 1. The standard InChI is InChI=1S/C17H29N3O/c1-4-21-17-11-14(5-6-15(17)12-18)13-20(3)16-7-9-19(2)10-8-16/h5-6,11,16H,4,7-10,12-13,18H2,1-3H3. The maximum Gasteiger partial charge on any atom is 0.124 e. The molecule has 0 unspecified atom stereocenters. The third kappa shape index (κ3) is 4.43. The maximum atomic E-state index is 5.77. The lowest BCUT2D eigenvalue weighted by Crippen LogP contribution is -2.41. The number of hydrogen-bond donors (Lipinski definition) is 1. The molecule has 0 saturated carbocycles. The molecule has 1 aromatic carbocycles. The molecule has 4 heteroatoms. The maximum absolute atomic E-state index is 5.77. The van der Waals surface area contributed by atoms with E-state index in [-0.39, 0.29) is 0 Å². The van der Waals surface area contributed by atoms with Crippen LogP contribution in [-0.2, 0) is 13.1 Å². The van der Waals surface area contributed by atoms with E-state index in [1.54, 1.807) is 0 Å². The van der Waals surface area contributed by atoms with E-state index in [1.807, 2.05) is 6.92 Å². The predicted octanol–water partition coefficient (Wildman–Crippen LogP) is 2.07. The zero-order valence-electron chi connectivity index (χ0n) is 13.6. The molecule has 0 aliphatic carbocycles. The zero-order chi connectivity index (χ0) is 15.2. The van der Waals surface area contributed by atoms with E-state index in [2.05, 4.69) is 42.1 Å². The highest BCUT2D eigenvalue weighted by atomic mass is 16.5. The highest BCUT2D eigenvalue weighted by Gasteiger charge is 2.20. The number of nitrogens with two attached hydrogens (primary N) is 1. The first-order valence-electron chi connectivity index (χ1n) is 7.97. The Morgan fingerprint density at radius 2 is 2.05 bits per heavy atom. The van der Waals surface area contributed by atoms with Crippen LogP contribution in [0.15, 0.2) is 18.2 Å². The van der Waals surface area contributed by atoms with Gasteiger partial charge in [0, 0.05) is 24.7 Å². The fraction of sp³-hybridized carbons (Fsp3) is 0.647. The SMILES string of the molecule is CCOc1cc(CN(C)C2CCN(C)CC2)ccc1CN. The summed E-state index contributed by atoms with van der Waals surface area (Å²) in [7, 11) is 4.43. The number of nitrogens with zero attached hydrogens (tertiary/aromatic N) is 2. The van der Waals surface area contributed by atoms with Crippen molar-refractivity contribution in [3.05, 3.63) is 29.3 Å². The van der Waals surface area contributed by atoms with Gasteiger partial charge in [0.2, 0.25) is 0 Å². The lowest BCUT2D eigenvalue weighted by atomic mass is 10.0. The number of likely N-dealkylation sites (tertiary alicyclic amines) is 1. The van der Waals surface area contributed by atoms with Gasteiger partial charge in [0.05, 0.1) is 6.61 Å². The Balaban J connectivity index is 2.00. The van der Waals surface area contributed by atoms with Crippen molar-refractivity contribution < 1.29 is 4.74 Å². The first kappa shape index (κ1) is 16.3. The van der Waals surface area contributed by atoms with Crippen LogP contribution in [0.2, 0.25) is 0 Å². The molecule has 1 aromatic rings. The Bertz CT molecular complexity index is 442. The van der Waals surface area contributed by atoms with Crippen molar-refractivity contribution in [3.8, 4) is 5.75 Å². The van der Waals surface area contributed by atoms with Crippen LogP contribution in [-0.4, -0.2) is 49.6 Å². The van der Waals surface area contributed by atoms with Crippen LogP contribution in [0.5, 0.6) is 5.75 Å². The van der Waals surface area contributed by atoms with Crippen molar-refractivity contribution in [1.29, 1.82) is 0 Å². The van der Waals surface area contributed by atoms with Gasteiger partial charge >= 0.3 is 0 Å². The molecule has 1 heterocycles. The average Bonchev–Trinajstić information content (AvgIpc) is 2.48. The molecule has 2 N–H and O–H groups in total. The molecule has 0 aromatic heterocycles. The molecule has 0 radical (unpaired) electrons. The van der Waals surface area contributed by atoms with Gasteiger partial charge in [0.25, 0.3) is 0 Å². The van der Waals surface area contributed by atoms with E-state index < -0.39 is 0 Å². The van der Waals surface area contributed by atoms with Gasteiger partial charge in [-0.15, -0.1) is 0 Å². The second-order valence-electron chi connectivity index (χ2n) is 6.03. The minimum Gasteiger partial charge on any atom is -0.494 e. The Hall–Kier alpha value is -1.10. The van der Waals surface area contributed by atoms with Gasteiger partial charge in [-0.25, -0.2) is 0 Å². The summed E-state index contributed by atoms with van der Waals surface area (Å²) >= 11 is 0. The van der Waals surface area contributed by atoms with E-state index in [1.165, 1.54) is 31.5 Å². The summed E-state index contributed by atoms with van der Waals surface area (Å²) in [4.78, 5) is 4.88. The molecule has 4 nitrogen and oxygen atoms in total. The van der Waals surface area contributed by atoms with Crippen molar-refractivity contribution >= 4 is 0 Å². The monoisotopic (exact) mass is 291 g/mol. The molecule has 0 amide bonds. The van der Waals surface area contributed by atoms with Crippen LogP contribution in [0.1, 0.15) is 30.9 Å². The topological polar surface area (TPSA) is 41.7 Å². The summed E-state index contributed by atoms with van der Waals surface area (Å²) in [5, 5.41) is 0. The van der Waals surface area contributed by atoms with Gasteiger partial charge in [0.15, 0.2) is 0 Å². The minimum atomic E-state index is 0.528. The van der Waals surface area contributed by atoms with Crippen LogP contribution in [0, 0.1) is 0 Å². The normalized spacial score (nSPS) is 17.4. The number of rotatable bonds is 6. The predicted molar refractivity (Wildman–Crippen MR) is 87.5 cm³/mol. The molecular formula is C17H29N3O. The molecule has 1 fully saturated rings. The Morgan fingerprint density at radius 1 is 1.33 bits per heavy atom. The van der Waals surface area contributed by atoms with E-state index >= 15 is 0 Å². The smallest absolute Gasteiger partial charge is 0.124 e. The summed E-state index contributed by atoms with van der Waals surface area (Å²) in [6, 6.07) is 7.11. The van der Waals surface area contributed by atoms with Crippen molar-refractivity contribution in [1.82, 2.24) is 9.80 Å². The van der Waals surface area contributed by atoms with Gasteiger partial charge in [-0.2, -0.15) is 0 Å². The molecular weight excluding hydrogens is 262 g/mol. The molecule has 1 aliphatic rings. The molecule has 2 rings (SSSR count). The Morgan fingerprint density at radius 3 is 2.67 bits per heavy atom. The van der Waals surface area contributed by atoms with Gasteiger partial charge in [0.1, 0.15) is 5.75 Å². The van der Waals surface area contributed by atoms with Crippen LogP contribution >= 0.6 is 0 Å². The fourth-order valence-corrected chi connectivity index (χ4v) is 3.01. The van der Waals surface area contributed by atoms with Crippen LogP contribution in [0.3, 0.4) is 0 Å². The molecule has 0 bridgehead atoms. The molecule has 21 heavy (non-hydrogen) atoms. The highest BCUT2D eigenvalue weighted by molar-refractivity contribution is 5.37. The van der Waals surface area contributed by atoms with Gasteiger partial charge in [-0.3, -0.25) is 4.90 Å². The van der Waals surface area contributed by atoms with Crippen LogP contribution in [0.25, 0.3) is 0 Å². The second-order valence-corrected chi connectivity index (χ2v) is 6.03.